The summed E-state index contributed by atoms with van der Waals surface area (Å²) in [6, 6.07) is 1.62. The molecule has 0 aliphatic carbocycles. The molecule has 0 aromatic carbocycles. The first-order valence-corrected chi connectivity index (χ1v) is 6.21. The van der Waals surface area contributed by atoms with Gasteiger partial charge >= 0.3 is 6.09 Å². The molecule has 5 heteroatoms. The van der Waals surface area contributed by atoms with E-state index in [1.165, 1.54) is 0 Å². The molecule has 0 radical (unpaired) electrons. The van der Waals surface area contributed by atoms with Crippen LogP contribution in [0.3, 0.4) is 0 Å². The van der Waals surface area contributed by atoms with Crippen molar-refractivity contribution in [1.29, 1.82) is 0 Å². The van der Waals surface area contributed by atoms with Gasteiger partial charge in [-0.2, -0.15) is 0 Å². The first-order valence-electron chi connectivity index (χ1n) is 6.21. The minimum absolute atomic E-state index is 0.0547. The summed E-state index contributed by atoms with van der Waals surface area (Å²) in [5, 5.41) is 11.1. The fourth-order valence-corrected chi connectivity index (χ4v) is 1.80. The monoisotopic (exact) mass is 266 g/mol. The maximum absolute atomic E-state index is 11.9. The van der Waals surface area contributed by atoms with Gasteiger partial charge in [-0.3, -0.25) is 0 Å². The van der Waals surface area contributed by atoms with Gasteiger partial charge in [-0.25, -0.2) is 9.36 Å². The van der Waals surface area contributed by atoms with E-state index in [-0.39, 0.29) is 17.7 Å². The van der Waals surface area contributed by atoms with Crippen LogP contribution in [-0.4, -0.2) is 23.2 Å². The Morgan fingerprint density at radius 1 is 1.32 bits per heavy atom. The minimum Gasteiger partial charge on any atom is -0.543 e. The first-order chi connectivity index (χ1) is 8.63. The molecule has 0 bridgehead atoms. The molecule has 0 amide bonds. The van der Waals surface area contributed by atoms with E-state index in [1.54, 1.807) is 19.9 Å². The van der Waals surface area contributed by atoms with Crippen LogP contribution in [0, 0.1) is 19.3 Å². The molecule has 0 unspecified atom stereocenters. The van der Waals surface area contributed by atoms with Crippen LogP contribution in [0.25, 0.3) is 0 Å². The molecule has 0 atom stereocenters. The number of carboxylic acid groups (broad SMARTS) is 1. The number of hydrogen-bond acceptors (Lipinski definition) is 4. The highest BCUT2D eigenvalue weighted by atomic mass is 16.5. The third-order valence-electron chi connectivity index (χ3n) is 2.83. The second-order valence-electron chi connectivity index (χ2n) is 5.87. The summed E-state index contributed by atoms with van der Waals surface area (Å²) in [5.41, 5.74) is 0.931. The molecule has 1 rings (SSSR count). The number of nitrogens with zero attached hydrogens (tertiary/aromatic N) is 1. The highest BCUT2D eigenvalue weighted by molar-refractivity contribution is 5.91. The average molecular weight is 266 g/mol. The SMILES string of the molecule is Cc1cc(C)n(C(=O)OCCC(C)(C)C)c1C(=O)[O-]. The van der Waals surface area contributed by atoms with E-state index in [2.05, 4.69) is 0 Å². The Morgan fingerprint density at radius 3 is 2.37 bits per heavy atom. The lowest BCUT2D eigenvalue weighted by Gasteiger charge is -2.18. The van der Waals surface area contributed by atoms with Crippen molar-refractivity contribution in [2.45, 2.75) is 41.0 Å². The number of rotatable bonds is 3. The maximum atomic E-state index is 11.9. The zero-order chi connectivity index (χ0) is 14.8. The van der Waals surface area contributed by atoms with Gasteiger partial charge in [0.1, 0.15) is 0 Å². The van der Waals surface area contributed by atoms with Crippen molar-refractivity contribution in [3.8, 4) is 0 Å². The fourth-order valence-electron chi connectivity index (χ4n) is 1.80. The van der Waals surface area contributed by atoms with Gasteiger partial charge in [0.25, 0.3) is 0 Å². The molecular formula is C14H20NO4-. The van der Waals surface area contributed by atoms with Crippen molar-refractivity contribution in [3.63, 3.8) is 0 Å². The summed E-state index contributed by atoms with van der Waals surface area (Å²) in [4.78, 5) is 23.0. The minimum atomic E-state index is -1.38. The predicted octanol–water partition coefficient (Wildman–Crippen LogP) is 1.89. The van der Waals surface area contributed by atoms with Gasteiger partial charge in [-0.1, -0.05) is 20.8 Å². The van der Waals surface area contributed by atoms with E-state index in [4.69, 9.17) is 4.74 Å². The number of carbonyl (C=O) groups is 2. The molecule has 106 valence electrons. The Hall–Kier alpha value is -1.78. The quantitative estimate of drug-likeness (QED) is 0.837. The Morgan fingerprint density at radius 2 is 1.89 bits per heavy atom. The molecule has 1 aromatic heterocycles. The van der Waals surface area contributed by atoms with E-state index in [0.29, 0.717) is 17.7 Å². The molecule has 0 N–H and O–H groups in total. The largest absolute Gasteiger partial charge is 0.543 e. The molecule has 1 heterocycles. The summed E-state index contributed by atoms with van der Waals surface area (Å²) in [6.07, 6.45) is 0.0349. The van der Waals surface area contributed by atoms with Crippen LogP contribution in [0.2, 0.25) is 0 Å². The summed E-state index contributed by atoms with van der Waals surface area (Å²) in [5.74, 6) is -1.38. The molecule has 0 fully saturated rings. The third-order valence-corrected chi connectivity index (χ3v) is 2.83. The van der Waals surface area contributed by atoms with Crippen LogP contribution >= 0.6 is 0 Å². The zero-order valence-electron chi connectivity index (χ0n) is 12.1. The number of carboxylic acids is 1. The molecule has 0 saturated carbocycles. The van der Waals surface area contributed by atoms with Gasteiger partial charge in [-0.15, -0.1) is 0 Å². The number of ether oxygens (including phenoxy) is 1. The Bertz CT molecular complexity index is 494. The van der Waals surface area contributed by atoms with E-state index in [9.17, 15) is 14.7 Å². The van der Waals surface area contributed by atoms with E-state index in [1.807, 2.05) is 20.8 Å². The van der Waals surface area contributed by atoms with Crippen LogP contribution in [0.15, 0.2) is 6.07 Å². The standard InChI is InChI=1S/C14H21NO4/c1-9-8-10(2)15(11(9)12(16)17)13(18)19-7-6-14(3,4)5/h8H,6-7H2,1-5H3,(H,16,17)/p-1. The van der Waals surface area contributed by atoms with Crippen molar-refractivity contribution in [3.05, 3.63) is 23.0 Å². The van der Waals surface area contributed by atoms with Crippen LogP contribution < -0.4 is 5.11 Å². The Labute approximate surface area is 113 Å². The summed E-state index contributed by atoms with van der Waals surface area (Å²) < 4.78 is 6.17. The number of aromatic carboxylic acids is 1. The lowest BCUT2D eigenvalue weighted by atomic mass is 9.93. The van der Waals surface area contributed by atoms with Crippen molar-refractivity contribution in [1.82, 2.24) is 4.57 Å². The van der Waals surface area contributed by atoms with Crippen LogP contribution in [0.1, 0.15) is 48.9 Å². The molecule has 0 aliphatic heterocycles. The van der Waals surface area contributed by atoms with E-state index < -0.39 is 12.1 Å². The van der Waals surface area contributed by atoms with Gasteiger partial charge in [-0.05, 0) is 37.3 Å². The lowest BCUT2D eigenvalue weighted by Crippen LogP contribution is -2.30. The zero-order valence-corrected chi connectivity index (χ0v) is 12.1. The van der Waals surface area contributed by atoms with Crippen molar-refractivity contribution in [2.24, 2.45) is 5.41 Å². The second-order valence-corrected chi connectivity index (χ2v) is 5.87. The molecule has 0 aliphatic rings. The van der Waals surface area contributed by atoms with Crippen LogP contribution in [0.5, 0.6) is 0 Å². The first kappa shape index (κ1) is 15.3. The molecule has 19 heavy (non-hydrogen) atoms. The van der Waals surface area contributed by atoms with E-state index >= 15 is 0 Å². The second kappa shape index (κ2) is 5.47. The third kappa shape index (κ3) is 3.84. The maximum Gasteiger partial charge on any atom is 0.418 e. The normalized spacial score (nSPS) is 11.4. The van der Waals surface area contributed by atoms with Gasteiger partial charge in [0, 0.05) is 5.69 Å². The van der Waals surface area contributed by atoms with Gasteiger partial charge < -0.3 is 14.6 Å². The highest BCUT2D eigenvalue weighted by Gasteiger charge is 2.19. The van der Waals surface area contributed by atoms with E-state index in [0.717, 1.165) is 4.57 Å². The van der Waals surface area contributed by atoms with Crippen molar-refractivity contribution >= 4 is 12.1 Å². The van der Waals surface area contributed by atoms with Gasteiger partial charge in [0.15, 0.2) is 0 Å². The van der Waals surface area contributed by atoms with Crippen molar-refractivity contribution < 1.29 is 19.4 Å². The predicted molar refractivity (Wildman–Crippen MR) is 69.1 cm³/mol. The Kier molecular flexibility index (Phi) is 4.39. The molecule has 5 nitrogen and oxygen atoms in total. The van der Waals surface area contributed by atoms with Crippen LogP contribution in [0.4, 0.5) is 4.79 Å². The molecular weight excluding hydrogens is 246 g/mol. The Balaban J connectivity index is 2.86. The van der Waals surface area contributed by atoms with Gasteiger partial charge in [0.05, 0.1) is 18.3 Å². The summed E-state index contributed by atoms with van der Waals surface area (Å²) in [7, 11) is 0. The smallest absolute Gasteiger partial charge is 0.418 e. The molecule has 1 aromatic rings. The number of aryl methyl sites for hydroxylation is 2. The van der Waals surface area contributed by atoms with Gasteiger partial charge in [0.2, 0.25) is 0 Å². The molecule has 0 spiro atoms. The van der Waals surface area contributed by atoms with Crippen molar-refractivity contribution in [2.75, 3.05) is 6.61 Å². The molecule has 0 saturated heterocycles. The lowest BCUT2D eigenvalue weighted by molar-refractivity contribution is -0.255. The summed E-state index contributed by atoms with van der Waals surface area (Å²) in [6.45, 7) is 9.66. The summed E-state index contributed by atoms with van der Waals surface area (Å²) >= 11 is 0. The van der Waals surface area contributed by atoms with Crippen LogP contribution in [-0.2, 0) is 4.74 Å². The number of hydrogen-bond donors (Lipinski definition) is 0. The topological polar surface area (TPSA) is 71.4 Å². The number of aromatic nitrogens is 1. The highest BCUT2D eigenvalue weighted by Crippen LogP contribution is 2.19. The fraction of sp³-hybridized carbons (Fsp3) is 0.571. The number of carbonyl (C=O) groups excluding carboxylic acids is 2. The average Bonchev–Trinajstić information content (AvgIpc) is 2.51.